The van der Waals surface area contributed by atoms with E-state index < -0.39 is 0 Å². The van der Waals surface area contributed by atoms with Gasteiger partial charge in [-0.1, -0.05) is 0 Å². The molecule has 0 saturated heterocycles. The smallest absolute Gasteiger partial charge is 1.00 e. The Morgan fingerprint density at radius 1 is 1.11 bits per heavy atom. The molecule has 0 bridgehead atoms. The zero-order valence-electron chi connectivity index (χ0n) is 5.57. The predicted molar refractivity (Wildman–Crippen MR) is 29.8 cm³/mol. The Balaban J connectivity index is -0.000000180. The van der Waals surface area contributed by atoms with Crippen molar-refractivity contribution >= 4 is 0 Å². The van der Waals surface area contributed by atoms with Crippen LogP contribution in [-0.4, -0.2) is 0 Å². The van der Waals surface area contributed by atoms with E-state index in [9.17, 15) is 0 Å². The second-order valence-electron chi connectivity index (χ2n) is 1.17. The van der Waals surface area contributed by atoms with Gasteiger partial charge in [0.2, 0.25) is 0 Å². The van der Waals surface area contributed by atoms with Crippen LogP contribution in [0.1, 0.15) is 6.92 Å². The Bertz CT molecular complexity index is 79.1. The summed E-state index contributed by atoms with van der Waals surface area (Å²) in [5.41, 5.74) is 0. The fourth-order valence-corrected chi connectivity index (χ4v) is 0.737. The first-order valence-electron chi connectivity index (χ1n) is 2.37. The standard InChI is InChI=1S/C5H7.CH3.2ClH.Ti/c1-3-5-4-2;;;;/h1,3-5H,2H3;1H3;2*1H;/q;;;;+2/p-2. The third kappa shape index (κ3) is 17.7. The quantitative estimate of drug-likeness (QED) is 0.317. The molecule has 0 fully saturated rings. The maximum atomic E-state index is 2.25. The molecule has 0 radical (unpaired) electrons. The van der Waals surface area contributed by atoms with E-state index in [1.165, 1.54) is 0 Å². The molecule has 0 aliphatic heterocycles. The first-order valence-corrected chi connectivity index (χ1v) is 4.83. The molecule has 0 amide bonds. The Kier molecular flexibility index (Phi) is 29.0. The third-order valence-electron chi connectivity index (χ3n) is 0.566. The minimum atomic E-state index is 0. The summed E-state index contributed by atoms with van der Waals surface area (Å²) in [4.78, 5) is 0. The average molecular weight is 201 g/mol. The number of hydrogen-bond acceptors (Lipinski definition) is 0. The summed E-state index contributed by atoms with van der Waals surface area (Å²) in [5.74, 6) is 0. The molecule has 0 aromatic carbocycles. The number of allylic oxidation sites excluding steroid dienone is 3. The van der Waals surface area contributed by atoms with Crippen molar-refractivity contribution in [3.05, 3.63) is 22.6 Å². The van der Waals surface area contributed by atoms with Gasteiger partial charge in [0.15, 0.2) is 0 Å². The van der Waals surface area contributed by atoms with E-state index in [2.05, 4.69) is 21.8 Å². The van der Waals surface area contributed by atoms with Gasteiger partial charge in [-0.05, 0) is 0 Å². The minimum Gasteiger partial charge on any atom is -1.00 e. The fourth-order valence-electron chi connectivity index (χ4n) is 0.263. The second-order valence-corrected chi connectivity index (χ2v) is 2.60. The van der Waals surface area contributed by atoms with Gasteiger partial charge in [0.25, 0.3) is 0 Å². The molecule has 0 aromatic rings. The monoisotopic (exact) mass is 200 g/mol. The minimum absolute atomic E-state index is 0. The summed E-state index contributed by atoms with van der Waals surface area (Å²) in [7, 11) is 0. The maximum Gasteiger partial charge on any atom is -1.00 e. The van der Waals surface area contributed by atoms with Crippen molar-refractivity contribution in [1.82, 2.24) is 0 Å². The van der Waals surface area contributed by atoms with Gasteiger partial charge in [0.05, 0.1) is 0 Å². The molecule has 0 spiro atoms. The summed E-state index contributed by atoms with van der Waals surface area (Å²) in [6, 6.07) is 0. The Hall–Kier alpha value is 0.774. The molecular formula is C6H10Cl2Ti. The molecule has 0 nitrogen and oxygen atoms in total. The zero-order valence-corrected chi connectivity index (χ0v) is 8.64. The van der Waals surface area contributed by atoms with Gasteiger partial charge in [-0.3, -0.25) is 0 Å². The van der Waals surface area contributed by atoms with Crippen molar-refractivity contribution < 1.29 is 44.0 Å². The molecule has 0 aliphatic rings. The van der Waals surface area contributed by atoms with E-state index >= 15 is 0 Å². The molecule has 0 aromatic heterocycles. The Morgan fingerprint density at radius 3 is 2.00 bits per heavy atom. The van der Waals surface area contributed by atoms with Crippen LogP contribution >= 0.6 is 0 Å². The van der Waals surface area contributed by atoms with E-state index in [1.807, 2.05) is 13.0 Å². The van der Waals surface area contributed by atoms with E-state index in [-0.39, 0.29) is 44.0 Å². The molecule has 0 atom stereocenters. The molecule has 0 saturated carbocycles. The van der Waals surface area contributed by atoms with Gasteiger partial charge >= 0.3 is 53.9 Å². The molecule has 0 aliphatic carbocycles. The first-order chi connectivity index (χ1) is 3.41. The first kappa shape index (κ1) is 16.4. The topological polar surface area (TPSA) is 0 Å². The fraction of sp³-hybridized carbons (Fsp3) is 0.333. The van der Waals surface area contributed by atoms with Crippen molar-refractivity contribution in [2.45, 2.75) is 12.2 Å². The van der Waals surface area contributed by atoms with Crippen LogP contribution in [0.15, 0.2) is 22.6 Å². The van der Waals surface area contributed by atoms with Crippen LogP contribution in [0.25, 0.3) is 0 Å². The zero-order chi connectivity index (χ0) is 5.54. The van der Waals surface area contributed by atoms with Crippen LogP contribution in [0.4, 0.5) is 0 Å². The van der Waals surface area contributed by atoms with Gasteiger partial charge in [-0.15, -0.1) is 0 Å². The van der Waals surface area contributed by atoms with E-state index in [0.717, 1.165) is 0 Å². The molecule has 0 rings (SSSR count). The van der Waals surface area contributed by atoms with Crippen molar-refractivity contribution in [2.75, 3.05) is 0 Å². The maximum absolute atomic E-state index is 2.25. The normalized spacial score (nSPS) is 8.22. The molecule has 9 heavy (non-hydrogen) atoms. The Morgan fingerprint density at radius 2 is 1.67 bits per heavy atom. The summed E-state index contributed by atoms with van der Waals surface area (Å²) < 4.78 is 2.25. The van der Waals surface area contributed by atoms with Crippen LogP contribution in [-0.2, 0) is 19.2 Å². The SMILES string of the molecule is CC=CC=[CH][Ti+2][CH3].[Cl-].[Cl-]. The Labute approximate surface area is 78.5 Å². The van der Waals surface area contributed by atoms with Gasteiger partial charge in [-0.2, -0.15) is 0 Å². The molecule has 0 N–H and O–H groups in total. The van der Waals surface area contributed by atoms with Gasteiger partial charge in [0, 0.05) is 0 Å². The van der Waals surface area contributed by atoms with Crippen molar-refractivity contribution in [3.63, 3.8) is 0 Å². The molecule has 52 valence electrons. The molecular weight excluding hydrogens is 191 g/mol. The van der Waals surface area contributed by atoms with Gasteiger partial charge in [-0.25, -0.2) is 0 Å². The van der Waals surface area contributed by atoms with E-state index in [4.69, 9.17) is 0 Å². The van der Waals surface area contributed by atoms with Crippen LogP contribution < -0.4 is 24.8 Å². The summed E-state index contributed by atoms with van der Waals surface area (Å²) in [5, 5.41) is 2.25. The summed E-state index contributed by atoms with van der Waals surface area (Å²) in [6.45, 7) is 2.03. The van der Waals surface area contributed by atoms with Crippen LogP contribution in [0.2, 0.25) is 5.23 Å². The van der Waals surface area contributed by atoms with Crippen LogP contribution in [0.3, 0.4) is 0 Å². The largest absolute Gasteiger partial charge is 1.00 e. The number of rotatable bonds is 2. The molecule has 0 heterocycles. The summed E-state index contributed by atoms with van der Waals surface area (Å²) >= 11 is 0.259. The predicted octanol–water partition coefficient (Wildman–Crippen LogP) is -3.79. The van der Waals surface area contributed by atoms with Crippen molar-refractivity contribution in [2.24, 2.45) is 0 Å². The number of halogens is 2. The van der Waals surface area contributed by atoms with Crippen LogP contribution in [0, 0.1) is 0 Å². The van der Waals surface area contributed by atoms with Crippen LogP contribution in [0.5, 0.6) is 0 Å². The van der Waals surface area contributed by atoms with Gasteiger partial charge < -0.3 is 24.8 Å². The molecule has 0 unspecified atom stereocenters. The average Bonchev–Trinajstić information content (AvgIpc) is 1.69. The van der Waals surface area contributed by atoms with Crippen molar-refractivity contribution in [3.8, 4) is 0 Å². The van der Waals surface area contributed by atoms with Crippen molar-refractivity contribution in [1.29, 1.82) is 0 Å². The second kappa shape index (κ2) is 15.9. The number of hydrogen-bond donors (Lipinski definition) is 0. The van der Waals surface area contributed by atoms with Gasteiger partial charge in [0.1, 0.15) is 0 Å². The van der Waals surface area contributed by atoms with E-state index in [0.29, 0.717) is 0 Å². The third-order valence-corrected chi connectivity index (χ3v) is 1.39. The molecule has 3 heteroatoms. The van der Waals surface area contributed by atoms with E-state index in [1.54, 1.807) is 0 Å². The summed E-state index contributed by atoms with van der Waals surface area (Å²) in [6.07, 6.45) is 6.21.